The van der Waals surface area contributed by atoms with Crippen LogP contribution in [-0.2, 0) is 4.79 Å². The Morgan fingerprint density at radius 3 is 2.36 bits per heavy atom. The molecule has 0 spiro atoms. The van der Waals surface area contributed by atoms with Crippen LogP contribution in [0.1, 0.15) is 61.9 Å². The van der Waals surface area contributed by atoms with Gasteiger partial charge in [0.25, 0.3) is 0 Å². The Labute approximate surface area is 195 Å². The summed E-state index contributed by atoms with van der Waals surface area (Å²) in [7, 11) is 0. The minimum Gasteiger partial charge on any atom is -0.349 e. The van der Waals surface area contributed by atoms with E-state index in [0.29, 0.717) is 11.7 Å². The molecule has 1 amide bonds. The molecule has 1 unspecified atom stereocenters. The summed E-state index contributed by atoms with van der Waals surface area (Å²) in [5.74, 6) is 2.17. The van der Waals surface area contributed by atoms with Gasteiger partial charge in [0.15, 0.2) is 0 Å². The number of benzene rings is 2. The fraction of sp³-hybridized carbons (Fsp3) is 0.444. The number of hydrogen-bond donors (Lipinski definition) is 1. The highest BCUT2D eigenvalue weighted by Crippen LogP contribution is 2.30. The molecule has 6 heteroatoms. The van der Waals surface area contributed by atoms with Gasteiger partial charge in [0.2, 0.25) is 17.6 Å². The van der Waals surface area contributed by atoms with E-state index < -0.39 is 0 Å². The zero-order valence-corrected chi connectivity index (χ0v) is 19.0. The number of carbonyl (C=O) groups is 1. The molecule has 0 radical (unpaired) electrons. The first-order valence-corrected chi connectivity index (χ1v) is 12.2. The number of aromatic nitrogens is 2. The van der Waals surface area contributed by atoms with Crippen LogP contribution in [-0.4, -0.2) is 40.6 Å². The van der Waals surface area contributed by atoms with E-state index in [2.05, 4.69) is 44.6 Å². The van der Waals surface area contributed by atoms with Crippen molar-refractivity contribution in [3.05, 3.63) is 72.1 Å². The van der Waals surface area contributed by atoms with Crippen molar-refractivity contribution in [1.82, 2.24) is 20.4 Å². The van der Waals surface area contributed by atoms with Gasteiger partial charge >= 0.3 is 0 Å². The van der Waals surface area contributed by atoms with Crippen LogP contribution in [0.25, 0.3) is 11.4 Å². The maximum Gasteiger partial charge on any atom is 0.230 e. The van der Waals surface area contributed by atoms with E-state index in [-0.39, 0.29) is 17.9 Å². The van der Waals surface area contributed by atoms with Crippen LogP contribution in [0.4, 0.5) is 0 Å². The first-order chi connectivity index (χ1) is 16.3. The van der Waals surface area contributed by atoms with Gasteiger partial charge in [0, 0.05) is 23.9 Å². The topological polar surface area (TPSA) is 71.3 Å². The molecule has 1 aliphatic heterocycles. The zero-order valence-electron chi connectivity index (χ0n) is 19.0. The zero-order chi connectivity index (χ0) is 22.5. The SMILES string of the molecule is O=C(NC(CCN1CCC(c2nc(-c3ccccc3)no2)CC1)c1ccccc1)C1CCC1. The van der Waals surface area contributed by atoms with Gasteiger partial charge in [-0.2, -0.15) is 4.98 Å². The molecule has 1 atom stereocenters. The van der Waals surface area contributed by atoms with Crippen molar-refractivity contribution in [2.75, 3.05) is 19.6 Å². The lowest BCUT2D eigenvalue weighted by atomic mass is 9.84. The van der Waals surface area contributed by atoms with Gasteiger partial charge in [-0.15, -0.1) is 0 Å². The standard InChI is InChI=1S/C27H32N4O2/c32-26(22-12-7-13-22)28-24(20-8-3-1-4-9-20)16-19-31-17-14-23(15-18-31)27-29-25(30-33-27)21-10-5-2-6-11-21/h1-6,8-11,22-24H,7,12-19H2,(H,28,32). The Kier molecular flexibility index (Phi) is 6.81. The molecule has 6 nitrogen and oxygen atoms in total. The second-order valence-electron chi connectivity index (χ2n) is 9.33. The Bertz CT molecular complexity index is 1020. The van der Waals surface area contributed by atoms with Gasteiger partial charge in [-0.3, -0.25) is 4.79 Å². The number of likely N-dealkylation sites (tertiary alicyclic amines) is 1. The minimum absolute atomic E-state index is 0.0707. The van der Waals surface area contributed by atoms with E-state index in [9.17, 15) is 4.79 Å². The third kappa shape index (κ3) is 5.33. The van der Waals surface area contributed by atoms with Gasteiger partial charge in [0.05, 0.1) is 6.04 Å². The lowest BCUT2D eigenvalue weighted by molar-refractivity contribution is -0.128. The number of nitrogens with one attached hydrogen (secondary N) is 1. The highest BCUT2D eigenvalue weighted by molar-refractivity contribution is 5.79. The monoisotopic (exact) mass is 444 g/mol. The van der Waals surface area contributed by atoms with Crippen molar-refractivity contribution >= 4 is 5.91 Å². The summed E-state index contributed by atoms with van der Waals surface area (Å²) in [4.78, 5) is 19.8. The molecular formula is C27H32N4O2. The van der Waals surface area contributed by atoms with Gasteiger partial charge in [-0.1, -0.05) is 72.2 Å². The van der Waals surface area contributed by atoms with Crippen molar-refractivity contribution in [2.24, 2.45) is 5.92 Å². The third-order valence-electron chi connectivity index (χ3n) is 7.14. The summed E-state index contributed by atoms with van der Waals surface area (Å²) in [5.41, 5.74) is 2.18. The number of hydrogen-bond acceptors (Lipinski definition) is 5. The van der Waals surface area contributed by atoms with E-state index >= 15 is 0 Å². The molecular weight excluding hydrogens is 412 g/mol. The minimum atomic E-state index is 0.0707. The average molecular weight is 445 g/mol. The second-order valence-corrected chi connectivity index (χ2v) is 9.33. The normalized spacial score (nSPS) is 18.5. The highest BCUT2D eigenvalue weighted by Gasteiger charge is 2.29. The molecule has 2 fully saturated rings. The van der Waals surface area contributed by atoms with Crippen molar-refractivity contribution in [3.63, 3.8) is 0 Å². The van der Waals surface area contributed by atoms with E-state index in [1.54, 1.807) is 0 Å². The first kappa shape index (κ1) is 21.8. The smallest absolute Gasteiger partial charge is 0.230 e. The van der Waals surface area contributed by atoms with Gasteiger partial charge in [-0.05, 0) is 50.8 Å². The Morgan fingerprint density at radius 1 is 1.00 bits per heavy atom. The van der Waals surface area contributed by atoms with Crippen molar-refractivity contribution < 1.29 is 9.32 Å². The van der Waals surface area contributed by atoms with Crippen LogP contribution >= 0.6 is 0 Å². The summed E-state index contributed by atoms with van der Waals surface area (Å²) in [6.45, 7) is 2.98. The Morgan fingerprint density at radius 2 is 1.70 bits per heavy atom. The Hall–Kier alpha value is -2.99. The molecule has 5 rings (SSSR count). The molecule has 1 saturated carbocycles. The van der Waals surface area contributed by atoms with Crippen molar-refractivity contribution in [2.45, 2.75) is 50.5 Å². The van der Waals surface area contributed by atoms with Gasteiger partial charge in [-0.25, -0.2) is 0 Å². The first-order valence-electron chi connectivity index (χ1n) is 12.2. The predicted molar refractivity (Wildman–Crippen MR) is 127 cm³/mol. The fourth-order valence-corrected chi connectivity index (χ4v) is 4.79. The lowest BCUT2D eigenvalue weighted by Crippen LogP contribution is -2.39. The summed E-state index contributed by atoms with van der Waals surface area (Å²) >= 11 is 0. The number of carbonyl (C=O) groups excluding carboxylic acids is 1. The number of piperidine rings is 1. The molecule has 0 bridgehead atoms. The predicted octanol–water partition coefficient (Wildman–Crippen LogP) is 4.96. The third-order valence-corrected chi connectivity index (χ3v) is 7.14. The van der Waals surface area contributed by atoms with Crippen LogP contribution in [0.3, 0.4) is 0 Å². The molecule has 2 aromatic carbocycles. The fourth-order valence-electron chi connectivity index (χ4n) is 4.79. The van der Waals surface area contributed by atoms with Crippen LogP contribution < -0.4 is 5.32 Å². The molecule has 1 aromatic heterocycles. The van der Waals surface area contributed by atoms with Crippen molar-refractivity contribution in [1.29, 1.82) is 0 Å². The van der Waals surface area contributed by atoms with Gasteiger partial charge in [0.1, 0.15) is 0 Å². The van der Waals surface area contributed by atoms with E-state index in [0.717, 1.165) is 63.2 Å². The largest absolute Gasteiger partial charge is 0.349 e. The molecule has 172 valence electrons. The molecule has 1 aliphatic carbocycles. The molecule has 1 saturated heterocycles. The molecule has 2 aliphatic rings. The Balaban J connectivity index is 1.14. The van der Waals surface area contributed by atoms with Gasteiger partial charge < -0.3 is 14.7 Å². The summed E-state index contributed by atoms with van der Waals surface area (Å²) in [5, 5.41) is 7.52. The van der Waals surface area contributed by atoms with Crippen LogP contribution in [0, 0.1) is 5.92 Å². The number of nitrogens with zero attached hydrogens (tertiary/aromatic N) is 3. The number of amides is 1. The van der Waals surface area contributed by atoms with Crippen LogP contribution in [0.15, 0.2) is 65.2 Å². The maximum atomic E-state index is 12.6. The molecule has 33 heavy (non-hydrogen) atoms. The van der Waals surface area contributed by atoms with Crippen molar-refractivity contribution in [3.8, 4) is 11.4 Å². The lowest BCUT2D eigenvalue weighted by Gasteiger charge is -2.32. The molecule has 1 N–H and O–H groups in total. The number of rotatable bonds is 8. The molecule has 2 heterocycles. The quantitative estimate of drug-likeness (QED) is 0.531. The van der Waals surface area contributed by atoms with E-state index in [4.69, 9.17) is 4.52 Å². The highest BCUT2D eigenvalue weighted by atomic mass is 16.5. The second kappa shape index (κ2) is 10.3. The van der Waals surface area contributed by atoms with Crippen LogP contribution in [0.2, 0.25) is 0 Å². The molecule has 3 aromatic rings. The van der Waals surface area contributed by atoms with E-state index in [1.807, 2.05) is 36.4 Å². The van der Waals surface area contributed by atoms with Crippen LogP contribution in [0.5, 0.6) is 0 Å². The maximum absolute atomic E-state index is 12.6. The summed E-state index contributed by atoms with van der Waals surface area (Å²) < 4.78 is 5.60. The summed E-state index contributed by atoms with van der Waals surface area (Å²) in [6.07, 6.45) is 6.19. The van der Waals surface area contributed by atoms with E-state index in [1.165, 1.54) is 12.0 Å². The summed E-state index contributed by atoms with van der Waals surface area (Å²) in [6, 6.07) is 20.4. The average Bonchev–Trinajstić information content (AvgIpc) is 3.32.